The molecule has 0 fully saturated rings. The molecule has 5 nitrogen and oxygen atoms in total. The van der Waals surface area contributed by atoms with Crippen molar-refractivity contribution in [1.82, 2.24) is 15.0 Å². The number of rotatable bonds is 6. The van der Waals surface area contributed by atoms with Crippen LogP contribution in [-0.2, 0) is 6.42 Å². The molecule has 0 saturated carbocycles. The third-order valence-corrected chi connectivity index (χ3v) is 3.65. The first-order valence-electron chi connectivity index (χ1n) is 6.44. The van der Waals surface area contributed by atoms with Gasteiger partial charge in [-0.15, -0.1) is 11.3 Å². The third kappa shape index (κ3) is 3.64. The Morgan fingerprint density at radius 3 is 2.74 bits per heavy atom. The SMILES string of the molecule is CCCc1nc(NC)cc(NC(C)c2nccs2)n1. The molecule has 1 atom stereocenters. The summed E-state index contributed by atoms with van der Waals surface area (Å²) in [5.74, 6) is 2.54. The van der Waals surface area contributed by atoms with Crippen molar-refractivity contribution in [3.8, 4) is 0 Å². The second-order valence-corrected chi connectivity index (χ2v) is 5.22. The summed E-state index contributed by atoms with van der Waals surface area (Å²) in [5, 5.41) is 9.48. The summed E-state index contributed by atoms with van der Waals surface area (Å²) < 4.78 is 0. The lowest BCUT2D eigenvalue weighted by atomic mass is 10.3. The normalized spacial score (nSPS) is 12.2. The van der Waals surface area contributed by atoms with E-state index in [1.807, 2.05) is 24.7 Å². The lowest BCUT2D eigenvalue weighted by Gasteiger charge is -2.13. The van der Waals surface area contributed by atoms with Crippen LogP contribution in [-0.4, -0.2) is 22.0 Å². The van der Waals surface area contributed by atoms with Gasteiger partial charge in [0.25, 0.3) is 0 Å². The van der Waals surface area contributed by atoms with E-state index in [1.54, 1.807) is 11.3 Å². The van der Waals surface area contributed by atoms with Crippen LogP contribution in [0.2, 0.25) is 0 Å². The number of hydrogen-bond acceptors (Lipinski definition) is 6. The second-order valence-electron chi connectivity index (χ2n) is 4.29. The zero-order valence-corrected chi connectivity index (χ0v) is 12.3. The monoisotopic (exact) mass is 277 g/mol. The Balaban J connectivity index is 2.16. The Kier molecular flexibility index (Phi) is 4.68. The number of nitrogens with one attached hydrogen (secondary N) is 2. The van der Waals surface area contributed by atoms with E-state index in [-0.39, 0.29) is 6.04 Å². The lowest BCUT2D eigenvalue weighted by molar-refractivity contribution is 0.817. The van der Waals surface area contributed by atoms with E-state index in [9.17, 15) is 0 Å². The molecule has 0 bridgehead atoms. The van der Waals surface area contributed by atoms with Gasteiger partial charge in [-0.25, -0.2) is 15.0 Å². The molecule has 0 aliphatic heterocycles. The molecule has 2 N–H and O–H groups in total. The van der Waals surface area contributed by atoms with Gasteiger partial charge in [0.1, 0.15) is 22.5 Å². The number of thiazole rings is 1. The van der Waals surface area contributed by atoms with Crippen molar-refractivity contribution < 1.29 is 0 Å². The maximum absolute atomic E-state index is 4.54. The summed E-state index contributed by atoms with van der Waals surface area (Å²) in [5.41, 5.74) is 0. The summed E-state index contributed by atoms with van der Waals surface area (Å²) in [7, 11) is 1.87. The zero-order valence-electron chi connectivity index (χ0n) is 11.5. The third-order valence-electron chi connectivity index (χ3n) is 2.69. The lowest BCUT2D eigenvalue weighted by Crippen LogP contribution is -2.10. The minimum absolute atomic E-state index is 0.147. The van der Waals surface area contributed by atoms with Gasteiger partial charge in [0.05, 0.1) is 6.04 Å². The molecule has 6 heteroatoms. The highest BCUT2D eigenvalue weighted by atomic mass is 32.1. The molecule has 2 aromatic rings. The predicted octanol–water partition coefficient (Wildman–Crippen LogP) is 3.10. The second kappa shape index (κ2) is 6.47. The van der Waals surface area contributed by atoms with Gasteiger partial charge in [0.2, 0.25) is 0 Å². The first-order chi connectivity index (χ1) is 9.22. The van der Waals surface area contributed by atoms with E-state index >= 15 is 0 Å². The summed E-state index contributed by atoms with van der Waals surface area (Å²) in [6.45, 7) is 4.21. The van der Waals surface area contributed by atoms with Crippen LogP contribution in [0.4, 0.5) is 11.6 Å². The van der Waals surface area contributed by atoms with Crippen molar-refractivity contribution in [1.29, 1.82) is 0 Å². The highest BCUT2D eigenvalue weighted by Crippen LogP contribution is 2.21. The van der Waals surface area contributed by atoms with E-state index < -0.39 is 0 Å². The predicted molar refractivity (Wildman–Crippen MR) is 79.7 cm³/mol. The fraction of sp³-hybridized carbons (Fsp3) is 0.462. The molecule has 0 radical (unpaired) electrons. The molecule has 0 aliphatic rings. The minimum atomic E-state index is 0.147. The van der Waals surface area contributed by atoms with Crippen LogP contribution >= 0.6 is 11.3 Å². The van der Waals surface area contributed by atoms with Gasteiger partial charge in [0, 0.05) is 31.1 Å². The topological polar surface area (TPSA) is 62.7 Å². The van der Waals surface area contributed by atoms with Crippen LogP contribution in [0.5, 0.6) is 0 Å². The molecule has 0 spiro atoms. The van der Waals surface area contributed by atoms with Gasteiger partial charge in [-0.05, 0) is 13.3 Å². The van der Waals surface area contributed by atoms with E-state index in [2.05, 4.69) is 39.4 Å². The van der Waals surface area contributed by atoms with Crippen molar-refractivity contribution in [2.24, 2.45) is 0 Å². The van der Waals surface area contributed by atoms with E-state index in [1.165, 1.54) is 0 Å². The Morgan fingerprint density at radius 1 is 1.32 bits per heavy atom. The summed E-state index contributed by atoms with van der Waals surface area (Å²) in [6, 6.07) is 2.07. The fourth-order valence-corrected chi connectivity index (χ4v) is 2.41. The molecule has 0 amide bonds. The average Bonchev–Trinajstić information content (AvgIpc) is 2.92. The summed E-state index contributed by atoms with van der Waals surface area (Å²) in [4.78, 5) is 13.3. The maximum atomic E-state index is 4.54. The van der Waals surface area contributed by atoms with Crippen LogP contribution in [0.3, 0.4) is 0 Å². The van der Waals surface area contributed by atoms with E-state index in [0.717, 1.165) is 35.3 Å². The number of aryl methyl sites for hydroxylation is 1. The Morgan fingerprint density at radius 2 is 2.11 bits per heavy atom. The van der Waals surface area contributed by atoms with Gasteiger partial charge in [0.15, 0.2) is 0 Å². The van der Waals surface area contributed by atoms with E-state index in [0.29, 0.717) is 0 Å². The largest absolute Gasteiger partial charge is 0.373 e. The number of anilines is 2. The molecule has 2 aromatic heterocycles. The minimum Gasteiger partial charge on any atom is -0.373 e. The molecular formula is C13H19N5S. The first-order valence-corrected chi connectivity index (χ1v) is 7.32. The maximum Gasteiger partial charge on any atom is 0.133 e. The molecule has 102 valence electrons. The van der Waals surface area contributed by atoms with Gasteiger partial charge in [-0.2, -0.15) is 0 Å². The average molecular weight is 277 g/mol. The van der Waals surface area contributed by atoms with Gasteiger partial charge in [-0.3, -0.25) is 0 Å². The van der Waals surface area contributed by atoms with E-state index in [4.69, 9.17) is 0 Å². The first kappa shape index (κ1) is 13.7. The van der Waals surface area contributed by atoms with Crippen molar-refractivity contribution in [2.75, 3.05) is 17.7 Å². The zero-order chi connectivity index (χ0) is 13.7. The van der Waals surface area contributed by atoms with Crippen molar-refractivity contribution >= 4 is 23.0 Å². The molecule has 0 saturated heterocycles. The van der Waals surface area contributed by atoms with Gasteiger partial charge < -0.3 is 10.6 Å². The van der Waals surface area contributed by atoms with Gasteiger partial charge >= 0.3 is 0 Å². The Labute approximate surface area is 117 Å². The molecule has 2 rings (SSSR count). The quantitative estimate of drug-likeness (QED) is 0.849. The van der Waals surface area contributed by atoms with Crippen molar-refractivity contribution in [2.45, 2.75) is 32.7 Å². The molecule has 19 heavy (non-hydrogen) atoms. The molecule has 1 unspecified atom stereocenters. The van der Waals surface area contributed by atoms with Crippen LogP contribution in [0.25, 0.3) is 0 Å². The fourth-order valence-electron chi connectivity index (χ4n) is 1.77. The summed E-state index contributed by atoms with van der Waals surface area (Å²) in [6.07, 6.45) is 3.74. The number of hydrogen-bond donors (Lipinski definition) is 2. The molecule has 0 aliphatic carbocycles. The Hall–Kier alpha value is -1.69. The highest BCUT2D eigenvalue weighted by Gasteiger charge is 2.10. The van der Waals surface area contributed by atoms with Crippen LogP contribution < -0.4 is 10.6 Å². The summed E-state index contributed by atoms with van der Waals surface area (Å²) >= 11 is 1.64. The number of nitrogens with zero attached hydrogens (tertiary/aromatic N) is 3. The molecule has 0 aromatic carbocycles. The standard InChI is InChI=1S/C13H19N5S/c1-4-5-10-17-11(14-3)8-12(18-10)16-9(2)13-15-6-7-19-13/h6-9H,4-5H2,1-3H3,(H2,14,16,17,18). The smallest absolute Gasteiger partial charge is 0.133 e. The van der Waals surface area contributed by atoms with Crippen LogP contribution in [0.1, 0.15) is 37.1 Å². The highest BCUT2D eigenvalue weighted by molar-refractivity contribution is 7.09. The number of aromatic nitrogens is 3. The van der Waals surface area contributed by atoms with Crippen molar-refractivity contribution in [3.05, 3.63) is 28.5 Å². The molecular weight excluding hydrogens is 258 g/mol. The Bertz CT molecular complexity index is 512. The van der Waals surface area contributed by atoms with Crippen molar-refractivity contribution in [3.63, 3.8) is 0 Å². The van der Waals surface area contributed by atoms with Crippen LogP contribution in [0, 0.1) is 0 Å². The van der Waals surface area contributed by atoms with Gasteiger partial charge in [-0.1, -0.05) is 6.92 Å². The van der Waals surface area contributed by atoms with Crippen LogP contribution in [0.15, 0.2) is 17.6 Å². The molecule has 2 heterocycles.